The Bertz CT molecular complexity index is 637. The summed E-state index contributed by atoms with van der Waals surface area (Å²) in [6.45, 7) is 1.93. The second-order valence-electron chi connectivity index (χ2n) is 4.52. The van der Waals surface area contributed by atoms with Crippen LogP contribution in [0.25, 0.3) is 0 Å². The van der Waals surface area contributed by atoms with Gasteiger partial charge in [0, 0.05) is 26.7 Å². The molecule has 0 bridgehead atoms. The molecule has 112 valence electrons. The zero-order valence-corrected chi connectivity index (χ0v) is 12.5. The van der Waals surface area contributed by atoms with E-state index >= 15 is 0 Å². The number of ether oxygens (including phenoxy) is 1. The van der Waals surface area contributed by atoms with Crippen molar-refractivity contribution in [2.75, 3.05) is 31.4 Å². The maximum Gasteiger partial charge on any atom is 0.295 e. The third-order valence-corrected chi connectivity index (χ3v) is 2.88. The smallest absolute Gasteiger partial charge is 0.295 e. The van der Waals surface area contributed by atoms with Crippen molar-refractivity contribution in [2.24, 2.45) is 0 Å². The molecule has 21 heavy (non-hydrogen) atoms. The SMILES string of the molecule is CCc1nc(C(=O)Nc2c(N(C)C)ccnc2OC)n[nH]1. The van der Waals surface area contributed by atoms with E-state index in [1.807, 2.05) is 25.9 Å². The van der Waals surface area contributed by atoms with Crippen molar-refractivity contribution in [3.8, 4) is 5.88 Å². The van der Waals surface area contributed by atoms with Crippen LogP contribution in [0.15, 0.2) is 12.3 Å². The van der Waals surface area contributed by atoms with Gasteiger partial charge in [0.25, 0.3) is 5.91 Å². The molecule has 0 spiro atoms. The first-order valence-corrected chi connectivity index (χ1v) is 6.49. The predicted octanol–water partition coefficient (Wildman–Crippen LogP) is 1.09. The van der Waals surface area contributed by atoms with Crippen molar-refractivity contribution < 1.29 is 9.53 Å². The molecule has 0 fully saturated rings. The number of rotatable bonds is 5. The third kappa shape index (κ3) is 3.10. The van der Waals surface area contributed by atoms with Crippen molar-refractivity contribution in [2.45, 2.75) is 13.3 Å². The lowest BCUT2D eigenvalue weighted by molar-refractivity contribution is 0.101. The molecule has 8 nitrogen and oxygen atoms in total. The summed E-state index contributed by atoms with van der Waals surface area (Å²) < 4.78 is 5.20. The van der Waals surface area contributed by atoms with Gasteiger partial charge in [-0.15, -0.1) is 5.10 Å². The average Bonchev–Trinajstić information content (AvgIpc) is 2.96. The zero-order chi connectivity index (χ0) is 15.4. The van der Waals surface area contributed by atoms with Gasteiger partial charge >= 0.3 is 0 Å². The number of nitrogens with one attached hydrogen (secondary N) is 2. The fourth-order valence-corrected chi connectivity index (χ4v) is 1.80. The first-order valence-electron chi connectivity index (χ1n) is 6.49. The van der Waals surface area contributed by atoms with Crippen LogP contribution in [0.2, 0.25) is 0 Å². The molecule has 2 rings (SSSR count). The van der Waals surface area contributed by atoms with E-state index in [1.54, 1.807) is 12.3 Å². The van der Waals surface area contributed by atoms with Gasteiger partial charge in [0.15, 0.2) is 0 Å². The molecule has 0 unspecified atom stereocenters. The quantitative estimate of drug-likeness (QED) is 0.855. The first kappa shape index (κ1) is 14.8. The Labute approximate surface area is 122 Å². The van der Waals surface area contributed by atoms with Crippen LogP contribution in [0, 0.1) is 0 Å². The molecule has 0 aliphatic carbocycles. The Hall–Kier alpha value is -2.64. The van der Waals surface area contributed by atoms with Crippen LogP contribution in [-0.4, -0.2) is 47.3 Å². The summed E-state index contributed by atoms with van der Waals surface area (Å²) in [6.07, 6.45) is 2.30. The van der Waals surface area contributed by atoms with E-state index in [2.05, 4.69) is 25.5 Å². The number of aromatic amines is 1. The molecule has 2 aromatic rings. The fraction of sp³-hybridized carbons (Fsp3) is 0.385. The summed E-state index contributed by atoms with van der Waals surface area (Å²) in [6, 6.07) is 1.79. The summed E-state index contributed by atoms with van der Waals surface area (Å²) in [5.41, 5.74) is 1.26. The van der Waals surface area contributed by atoms with E-state index in [9.17, 15) is 4.79 Å². The summed E-state index contributed by atoms with van der Waals surface area (Å²) in [7, 11) is 5.23. The van der Waals surface area contributed by atoms with Crippen molar-refractivity contribution in [1.29, 1.82) is 0 Å². The highest BCUT2D eigenvalue weighted by molar-refractivity contribution is 6.04. The number of hydrogen-bond acceptors (Lipinski definition) is 6. The molecule has 2 aromatic heterocycles. The van der Waals surface area contributed by atoms with E-state index in [4.69, 9.17) is 4.74 Å². The summed E-state index contributed by atoms with van der Waals surface area (Å²) in [4.78, 5) is 22.3. The number of aromatic nitrogens is 4. The molecular formula is C13H18N6O2. The number of methoxy groups -OCH3 is 1. The third-order valence-electron chi connectivity index (χ3n) is 2.88. The van der Waals surface area contributed by atoms with Crippen LogP contribution in [-0.2, 0) is 6.42 Å². The largest absolute Gasteiger partial charge is 0.479 e. The number of carbonyl (C=O) groups is 1. The van der Waals surface area contributed by atoms with Crippen molar-refractivity contribution >= 4 is 17.3 Å². The maximum absolute atomic E-state index is 12.2. The highest BCUT2D eigenvalue weighted by Crippen LogP contribution is 2.32. The van der Waals surface area contributed by atoms with E-state index in [0.717, 1.165) is 5.69 Å². The van der Waals surface area contributed by atoms with Crippen LogP contribution < -0.4 is 15.0 Å². The molecule has 0 radical (unpaired) electrons. The van der Waals surface area contributed by atoms with Gasteiger partial charge in [-0.1, -0.05) is 6.92 Å². The second-order valence-corrected chi connectivity index (χ2v) is 4.52. The second kappa shape index (κ2) is 6.21. The minimum absolute atomic E-state index is 0.0856. The molecule has 0 saturated carbocycles. The normalized spacial score (nSPS) is 10.3. The highest BCUT2D eigenvalue weighted by Gasteiger charge is 2.18. The van der Waals surface area contributed by atoms with Gasteiger partial charge < -0.3 is 15.0 Å². The molecule has 1 amide bonds. The van der Waals surface area contributed by atoms with Crippen molar-refractivity contribution in [3.63, 3.8) is 0 Å². The van der Waals surface area contributed by atoms with E-state index in [0.29, 0.717) is 23.8 Å². The minimum Gasteiger partial charge on any atom is -0.479 e. The van der Waals surface area contributed by atoms with Crippen molar-refractivity contribution in [3.05, 3.63) is 23.9 Å². The van der Waals surface area contributed by atoms with Gasteiger partial charge in [0.1, 0.15) is 11.5 Å². The van der Waals surface area contributed by atoms with E-state index in [1.165, 1.54) is 7.11 Å². The number of pyridine rings is 1. The molecular weight excluding hydrogens is 272 g/mol. The fourth-order valence-electron chi connectivity index (χ4n) is 1.80. The number of hydrogen-bond donors (Lipinski definition) is 2. The first-order chi connectivity index (χ1) is 10.1. The van der Waals surface area contributed by atoms with E-state index < -0.39 is 5.91 Å². The molecule has 0 aliphatic rings. The number of amides is 1. The Morgan fingerprint density at radius 3 is 2.81 bits per heavy atom. The highest BCUT2D eigenvalue weighted by atomic mass is 16.5. The molecule has 2 heterocycles. The molecule has 0 saturated heterocycles. The van der Waals surface area contributed by atoms with Gasteiger partial charge in [0.05, 0.1) is 12.8 Å². The van der Waals surface area contributed by atoms with Gasteiger partial charge in [-0.3, -0.25) is 9.89 Å². The Kier molecular flexibility index (Phi) is 4.36. The molecule has 0 atom stereocenters. The predicted molar refractivity (Wildman–Crippen MR) is 78.8 cm³/mol. The number of aryl methyl sites for hydroxylation is 1. The van der Waals surface area contributed by atoms with Crippen LogP contribution in [0.4, 0.5) is 11.4 Å². The Balaban J connectivity index is 2.31. The molecule has 0 aromatic carbocycles. The number of carbonyl (C=O) groups excluding carboxylic acids is 1. The molecule has 0 aliphatic heterocycles. The lowest BCUT2D eigenvalue weighted by Crippen LogP contribution is -2.19. The van der Waals surface area contributed by atoms with Crippen LogP contribution in [0.1, 0.15) is 23.4 Å². The van der Waals surface area contributed by atoms with Crippen LogP contribution in [0.3, 0.4) is 0 Å². The zero-order valence-electron chi connectivity index (χ0n) is 12.5. The lowest BCUT2D eigenvalue weighted by atomic mass is 10.3. The van der Waals surface area contributed by atoms with Gasteiger partial charge in [-0.05, 0) is 6.07 Å². The van der Waals surface area contributed by atoms with Crippen LogP contribution >= 0.6 is 0 Å². The summed E-state index contributed by atoms with van der Waals surface area (Å²) in [5, 5.41) is 9.35. The maximum atomic E-state index is 12.2. The van der Waals surface area contributed by atoms with Crippen molar-refractivity contribution in [1.82, 2.24) is 20.2 Å². The molecule has 8 heteroatoms. The van der Waals surface area contributed by atoms with Gasteiger partial charge in [0.2, 0.25) is 11.7 Å². The van der Waals surface area contributed by atoms with Gasteiger partial charge in [-0.2, -0.15) is 0 Å². The topological polar surface area (TPSA) is 96.0 Å². The summed E-state index contributed by atoms with van der Waals surface area (Å²) >= 11 is 0. The number of nitrogens with zero attached hydrogens (tertiary/aromatic N) is 4. The Morgan fingerprint density at radius 1 is 1.48 bits per heavy atom. The average molecular weight is 290 g/mol. The van der Waals surface area contributed by atoms with Crippen LogP contribution in [0.5, 0.6) is 5.88 Å². The van der Waals surface area contributed by atoms with E-state index in [-0.39, 0.29) is 5.82 Å². The minimum atomic E-state index is -0.416. The Morgan fingerprint density at radius 2 is 2.24 bits per heavy atom. The molecule has 2 N–H and O–H groups in total. The van der Waals surface area contributed by atoms with Gasteiger partial charge in [-0.25, -0.2) is 9.97 Å². The lowest BCUT2D eigenvalue weighted by Gasteiger charge is -2.18. The number of anilines is 2. The number of H-pyrrole nitrogens is 1. The summed E-state index contributed by atoms with van der Waals surface area (Å²) in [5.74, 6) is 0.662. The standard InChI is InChI=1S/C13H18N6O2/c1-5-9-15-11(18-17-9)12(20)16-10-8(19(2)3)6-7-14-13(10)21-4/h6-7H,5H2,1-4H3,(H,16,20)(H,15,17,18). The monoisotopic (exact) mass is 290 g/mol.